The predicted molar refractivity (Wildman–Crippen MR) is 143 cm³/mol. The molecule has 1 amide bonds. The van der Waals surface area contributed by atoms with Gasteiger partial charge in [-0.15, -0.1) is 0 Å². The van der Waals surface area contributed by atoms with Crippen LogP contribution in [0.1, 0.15) is 45.5 Å². The van der Waals surface area contributed by atoms with Crippen molar-refractivity contribution in [3.05, 3.63) is 129 Å². The summed E-state index contributed by atoms with van der Waals surface area (Å²) in [6, 6.07) is 25.1. The van der Waals surface area contributed by atoms with Gasteiger partial charge < -0.3 is 20.1 Å². The van der Waals surface area contributed by atoms with Crippen LogP contribution in [0, 0.1) is 5.82 Å². The normalized spacial score (nSPS) is 17.3. The Labute approximate surface area is 225 Å². The molecule has 9 heteroatoms. The van der Waals surface area contributed by atoms with Gasteiger partial charge in [0.05, 0.1) is 18.8 Å². The van der Waals surface area contributed by atoms with E-state index in [1.54, 1.807) is 12.1 Å². The van der Waals surface area contributed by atoms with Gasteiger partial charge in [-0.2, -0.15) is 0 Å². The zero-order valence-electron chi connectivity index (χ0n) is 21.2. The SMILES string of the molecule is O=C(NCc1ccc(F)cc1)c1nc([C@@H]2C[C@@H](OCc3ccccc3)CN2Cc2ccccc2)[nH]c(=O)c1O. The maximum absolute atomic E-state index is 13.2. The van der Waals surface area contributed by atoms with Crippen LogP contribution in [0.5, 0.6) is 5.75 Å². The van der Waals surface area contributed by atoms with Crippen LogP contribution in [0.2, 0.25) is 0 Å². The lowest BCUT2D eigenvalue weighted by Crippen LogP contribution is -2.30. The highest BCUT2D eigenvalue weighted by Gasteiger charge is 2.36. The first-order chi connectivity index (χ1) is 19.0. The van der Waals surface area contributed by atoms with Gasteiger partial charge in [0.1, 0.15) is 11.6 Å². The topological polar surface area (TPSA) is 108 Å². The highest BCUT2D eigenvalue weighted by molar-refractivity contribution is 5.94. The number of amides is 1. The van der Waals surface area contributed by atoms with E-state index < -0.39 is 17.2 Å². The molecule has 200 valence electrons. The van der Waals surface area contributed by atoms with E-state index in [4.69, 9.17) is 4.74 Å². The van der Waals surface area contributed by atoms with Crippen LogP contribution in [0.3, 0.4) is 0 Å². The van der Waals surface area contributed by atoms with E-state index in [0.717, 1.165) is 11.1 Å². The molecular weight excluding hydrogens is 499 g/mol. The summed E-state index contributed by atoms with van der Waals surface area (Å²) in [5, 5.41) is 13.0. The second kappa shape index (κ2) is 12.0. The summed E-state index contributed by atoms with van der Waals surface area (Å²) in [4.78, 5) is 34.8. The number of hydrogen-bond donors (Lipinski definition) is 3. The van der Waals surface area contributed by atoms with E-state index in [1.165, 1.54) is 12.1 Å². The molecule has 0 saturated carbocycles. The van der Waals surface area contributed by atoms with E-state index in [9.17, 15) is 19.1 Å². The van der Waals surface area contributed by atoms with Gasteiger partial charge in [0.2, 0.25) is 5.75 Å². The van der Waals surface area contributed by atoms with Crippen molar-refractivity contribution in [2.75, 3.05) is 6.54 Å². The third-order valence-corrected chi connectivity index (χ3v) is 6.73. The first-order valence-corrected chi connectivity index (χ1v) is 12.8. The van der Waals surface area contributed by atoms with Gasteiger partial charge in [0.15, 0.2) is 5.69 Å². The van der Waals surface area contributed by atoms with Gasteiger partial charge in [-0.1, -0.05) is 72.8 Å². The van der Waals surface area contributed by atoms with Crippen molar-refractivity contribution in [2.24, 2.45) is 0 Å². The first kappa shape index (κ1) is 26.3. The summed E-state index contributed by atoms with van der Waals surface area (Å²) in [5.41, 5.74) is 1.67. The third kappa shape index (κ3) is 6.57. The molecule has 0 unspecified atom stereocenters. The Balaban J connectivity index is 1.37. The molecule has 1 aromatic heterocycles. The molecular formula is C30H29FN4O4. The summed E-state index contributed by atoms with van der Waals surface area (Å²) in [6.45, 7) is 1.73. The van der Waals surface area contributed by atoms with Crippen molar-refractivity contribution in [1.82, 2.24) is 20.2 Å². The van der Waals surface area contributed by atoms with Crippen LogP contribution in [-0.2, 0) is 24.4 Å². The fourth-order valence-electron chi connectivity index (χ4n) is 4.72. The molecule has 39 heavy (non-hydrogen) atoms. The molecule has 8 nitrogen and oxygen atoms in total. The van der Waals surface area contributed by atoms with Crippen molar-refractivity contribution >= 4 is 5.91 Å². The molecule has 0 radical (unpaired) electrons. The standard InChI is InChI=1S/C30H29FN4O4/c31-23-13-11-20(12-14-23)16-32-29(37)26-27(36)30(38)34-28(33-26)25-15-24(39-19-22-9-5-2-6-10-22)18-35(25)17-21-7-3-1-4-8-21/h1-14,24-25,36H,15-19H2,(H,32,37)(H,33,34,38)/t24-,25+/m1/s1. The molecule has 5 rings (SSSR count). The number of rotatable bonds is 9. The fourth-order valence-corrected chi connectivity index (χ4v) is 4.72. The van der Waals surface area contributed by atoms with Crippen molar-refractivity contribution in [3.63, 3.8) is 0 Å². The molecule has 1 fully saturated rings. The highest BCUT2D eigenvalue weighted by Crippen LogP contribution is 2.33. The second-order valence-electron chi connectivity index (χ2n) is 9.54. The fraction of sp³-hybridized carbons (Fsp3) is 0.233. The smallest absolute Gasteiger partial charge is 0.293 e. The van der Waals surface area contributed by atoms with Crippen LogP contribution in [0.25, 0.3) is 0 Å². The van der Waals surface area contributed by atoms with Gasteiger partial charge >= 0.3 is 0 Å². The molecule has 0 bridgehead atoms. The molecule has 3 aromatic carbocycles. The quantitative estimate of drug-likeness (QED) is 0.302. The Bertz CT molecular complexity index is 1460. The number of aromatic hydroxyl groups is 1. The van der Waals surface area contributed by atoms with Crippen molar-refractivity contribution < 1.29 is 19.0 Å². The van der Waals surface area contributed by atoms with Gasteiger partial charge in [-0.3, -0.25) is 14.5 Å². The number of carbonyl (C=O) groups excluding carboxylic acids is 1. The Morgan fingerprint density at radius 3 is 2.36 bits per heavy atom. The lowest BCUT2D eigenvalue weighted by Gasteiger charge is -2.23. The maximum atomic E-state index is 13.2. The van der Waals surface area contributed by atoms with Gasteiger partial charge in [0, 0.05) is 19.6 Å². The van der Waals surface area contributed by atoms with E-state index in [0.29, 0.717) is 31.7 Å². The molecule has 0 aliphatic carbocycles. The number of aromatic nitrogens is 2. The Morgan fingerprint density at radius 1 is 1.00 bits per heavy atom. The number of ether oxygens (including phenoxy) is 1. The number of benzene rings is 3. The average molecular weight is 529 g/mol. The van der Waals surface area contributed by atoms with Crippen LogP contribution < -0.4 is 10.9 Å². The van der Waals surface area contributed by atoms with Crippen LogP contribution >= 0.6 is 0 Å². The van der Waals surface area contributed by atoms with Gasteiger partial charge in [0.25, 0.3) is 11.5 Å². The molecule has 1 aliphatic rings. The molecule has 1 aliphatic heterocycles. The number of aromatic amines is 1. The van der Waals surface area contributed by atoms with Gasteiger partial charge in [-0.25, -0.2) is 9.37 Å². The van der Waals surface area contributed by atoms with Crippen molar-refractivity contribution in [2.45, 2.75) is 38.3 Å². The number of nitrogens with one attached hydrogen (secondary N) is 2. The molecule has 3 N–H and O–H groups in total. The van der Waals surface area contributed by atoms with E-state index >= 15 is 0 Å². The number of halogens is 1. The van der Waals surface area contributed by atoms with E-state index in [-0.39, 0.29) is 36.0 Å². The highest BCUT2D eigenvalue weighted by atomic mass is 19.1. The maximum Gasteiger partial charge on any atom is 0.293 e. The summed E-state index contributed by atoms with van der Waals surface area (Å²) < 4.78 is 19.4. The van der Waals surface area contributed by atoms with Crippen molar-refractivity contribution in [1.29, 1.82) is 0 Å². The van der Waals surface area contributed by atoms with Crippen LogP contribution in [-0.4, -0.2) is 38.5 Å². The van der Waals surface area contributed by atoms with Crippen LogP contribution in [0.15, 0.2) is 89.7 Å². The summed E-state index contributed by atoms with van der Waals surface area (Å²) >= 11 is 0. The zero-order chi connectivity index (χ0) is 27.2. The Kier molecular flexibility index (Phi) is 8.10. The Hall–Kier alpha value is -4.34. The van der Waals surface area contributed by atoms with E-state index in [1.807, 2.05) is 60.7 Å². The number of nitrogens with zero attached hydrogens (tertiary/aromatic N) is 2. The largest absolute Gasteiger partial charge is 0.501 e. The zero-order valence-corrected chi connectivity index (χ0v) is 21.2. The van der Waals surface area contributed by atoms with Gasteiger partial charge in [-0.05, 0) is 35.2 Å². The van der Waals surface area contributed by atoms with Crippen molar-refractivity contribution in [3.8, 4) is 5.75 Å². The average Bonchev–Trinajstić information content (AvgIpc) is 3.36. The summed E-state index contributed by atoms with van der Waals surface area (Å²) in [7, 11) is 0. The number of carbonyl (C=O) groups is 1. The second-order valence-corrected chi connectivity index (χ2v) is 9.54. The number of H-pyrrole nitrogens is 1. The minimum atomic E-state index is -0.791. The first-order valence-electron chi connectivity index (χ1n) is 12.8. The molecule has 2 heterocycles. The van der Waals surface area contributed by atoms with Crippen LogP contribution in [0.4, 0.5) is 4.39 Å². The minimum absolute atomic E-state index is 0.0846. The lowest BCUT2D eigenvalue weighted by molar-refractivity contribution is 0.0461. The predicted octanol–water partition coefficient (Wildman–Crippen LogP) is 4.08. The molecule has 0 spiro atoms. The van der Waals surface area contributed by atoms with E-state index in [2.05, 4.69) is 20.2 Å². The molecule has 1 saturated heterocycles. The third-order valence-electron chi connectivity index (χ3n) is 6.73. The summed E-state index contributed by atoms with van der Waals surface area (Å²) in [5.74, 6) is -1.55. The molecule has 2 atom stereocenters. The summed E-state index contributed by atoms with van der Waals surface area (Å²) in [6.07, 6.45) is 0.415. The minimum Gasteiger partial charge on any atom is -0.501 e. The lowest BCUT2D eigenvalue weighted by atomic mass is 10.1. The Morgan fingerprint density at radius 2 is 1.67 bits per heavy atom. The number of hydrogen-bond acceptors (Lipinski definition) is 6. The number of likely N-dealkylation sites (tertiary alicyclic amines) is 1. The monoisotopic (exact) mass is 528 g/mol. The molecule has 4 aromatic rings.